The molecule has 8 heteroatoms. The minimum absolute atomic E-state index is 0.00720. The third kappa shape index (κ3) is 3.94. The minimum Gasteiger partial charge on any atom is -0.479 e. The van der Waals surface area contributed by atoms with Gasteiger partial charge in [-0.15, -0.1) is 0 Å². The van der Waals surface area contributed by atoms with Gasteiger partial charge >= 0.3 is 0 Å². The average Bonchev–Trinajstić information content (AvgIpc) is 3.17. The fraction of sp³-hybridized carbons (Fsp3) is 0.200. The molecule has 1 amide bonds. The van der Waals surface area contributed by atoms with Crippen LogP contribution in [0.2, 0.25) is 0 Å². The Morgan fingerprint density at radius 1 is 1.39 bits per heavy atom. The maximum Gasteiger partial charge on any atom is 0.258 e. The van der Waals surface area contributed by atoms with Crippen LogP contribution in [0.1, 0.15) is 23.7 Å². The Morgan fingerprint density at radius 3 is 2.75 bits per heavy atom. The van der Waals surface area contributed by atoms with Crippen LogP contribution in [0.3, 0.4) is 0 Å². The lowest BCUT2D eigenvalue weighted by Crippen LogP contribution is -2.46. The largest absolute Gasteiger partial charge is 0.479 e. The van der Waals surface area contributed by atoms with Crippen molar-refractivity contribution in [3.05, 3.63) is 60.7 Å². The number of nitrogens with one attached hydrogen (secondary N) is 1. The van der Waals surface area contributed by atoms with E-state index in [1.807, 2.05) is 19.1 Å². The Kier molecular flexibility index (Phi) is 5.56. The van der Waals surface area contributed by atoms with Gasteiger partial charge in [0.25, 0.3) is 5.91 Å². The number of benzene rings is 1. The molecule has 1 saturated heterocycles. The van der Waals surface area contributed by atoms with Crippen molar-refractivity contribution >= 4 is 22.8 Å². The van der Waals surface area contributed by atoms with E-state index < -0.39 is 0 Å². The number of nitrogen functional groups attached to an aromatic ring is 1. The second-order valence-electron chi connectivity index (χ2n) is 6.26. The molecule has 28 heavy (non-hydrogen) atoms. The number of aromatic nitrogens is 3. The van der Waals surface area contributed by atoms with Gasteiger partial charge in [0.05, 0.1) is 5.39 Å². The molecule has 3 heterocycles. The van der Waals surface area contributed by atoms with E-state index in [0.29, 0.717) is 17.1 Å². The van der Waals surface area contributed by atoms with Crippen LogP contribution < -0.4 is 10.5 Å². The van der Waals surface area contributed by atoms with Crippen LogP contribution in [0.25, 0.3) is 11.0 Å². The first-order valence-corrected chi connectivity index (χ1v) is 8.66. The summed E-state index contributed by atoms with van der Waals surface area (Å²) < 4.78 is 5.13. The summed E-state index contributed by atoms with van der Waals surface area (Å²) in [4.78, 5) is 24.6. The highest BCUT2D eigenvalue weighted by atomic mass is 16.5. The number of aromatic amines is 1. The number of nitriles is 1. The molecule has 0 aliphatic carbocycles. The summed E-state index contributed by atoms with van der Waals surface area (Å²) in [7, 11) is 0. The summed E-state index contributed by atoms with van der Waals surface area (Å²) in [6.45, 7) is 5.85. The zero-order valence-corrected chi connectivity index (χ0v) is 15.4. The van der Waals surface area contributed by atoms with Crippen molar-refractivity contribution in [3.8, 4) is 11.8 Å². The predicted molar refractivity (Wildman–Crippen MR) is 105 cm³/mol. The number of carbonyl (C=O) groups excluding carboxylic acids is 1. The number of carbonyl (C=O) groups is 1. The predicted octanol–water partition coefficient (Wildman–Crippen LogP) is 2.88. The molecule has 1 fully saturated rings. The van der Waals surface area contributed by atoms with Crippen molar-refractivity contribution < 1.29 is 9.53 Å². The zero-order chi connectivity index (χ0) is 20.1. The summed E-state index contributed by atoms with van der Waals surface area (Å²) in [5, 5.41) is 9.27. The number of H-pyrrole nitrogens is 1. The number of rotatable bonds is 3. The number of fused-ring (bicyclic) bond motifs is 1. The molecular formula is C20H20N6O2. The van der Waals surface area contributed by atoms with Crippen LogP contribution in [0.15, 0.2) is 55.1 Å². The maximum absolute atomic E-state index is 12.1. The molecule has 3 aromatic rings. The summed E-state index contributed by atoms with van der Waals surface area (Å²) >= 11 is 0. The number of nitrogens with zero attached hydrogens (tertiary/aromatic N) is 4. The standard InChI is InChI=1S/C14H14N2O2.C6H6N4/c1-10-9-11(2)16(10)14(17)12-3-5-13(6-4-12)18-8-7-15;7-5-4-1-2-8-6(4)10-3-9-5/h3-6,11H,1,8-9H2,2H3;1-3H,(H3,7,8,9,10). The molecule has 1 unspecified atom stereocenters. The number of amides is 1. The molecule has 3 N–H and O–H groups in total. The van der Waals surface area contributed by atoms with Gasteiger partial charge in [0, 0.05) is 29.9 Å². The second kappa shape index (κ2) is 8.22. The van der Waals surface area contributed by atoms with Gasteiger partial charge in [0.2, 0.25) is 0 Å². The molecule has 1 aliphatic rings. The Morgan fingerprint density at radius 2 is 2.14 bits per heavy atom. The van der Waals surface area contributed by atoms with E-state index >= 15 is 0 Å². The van der Waals surface area contributed by atoms with Crippen molar-refractivity contribution in [2.24, 2.45) is 0 Å². The fourth-order valence-electron chi connectivity index (χ4n) is 2.91. The van der Waals surface area contributed by atoms with Gasteiger partial charge < -0.3 is 20.4 Å². The Labute approximate surface area is 162 Å². The zero-order valence-electron chi connectivity index (χ0n) is 15.4. The fourth-order valence-corrected chi connectivity index (χ4v) is 2.91. The highest BCUT2D eigenvalue weighted by molar-refractivity contribution is 5.96. The molecule has 4 rings (SSSR count). The Hall–Kier alpha value is -3.86. The normalized spacial score (nSPS) is 15.2. The van der Waals surface area contributed by atoms with E-state index in [1.54, 1.807) is 35.4 Å². The van der Waals surface area contributed by atoms with Crippen molar-refractivity contribution in [1.82, 2.24) is 19.9 Å². The van der Waals surface area contributed by atoms with Gasteiger partial charge in [-0.1, -0.05) is 6.58 Å². The first-order valence-electron chi connectivity index (χ1n) is 8.66. The van der Waals surface area contributed by atoms with Crippen LogP contribution in [0.4, 0.5) is 5.82 Å². The quantitative estimate of drug-likeness (QED) is 0.725. The van der Waals surface area contributed by atoms with Crippen LogP contribution in [-0.4, -0.2) is 38.4 Å². The van der Waals surface area contributed by atoms with Crippen LogP contribution in [0.5, 0.6) is 5.75 Å². The Bertz CT molecular complexity index is 1030. The van der Waals surface area contributed by atoms with Gasteiger partial charge in [-0.3, -0.25) is 4.79 Å². The molecule has 1 aliphatic heterocycles. The molecule has 8 nitrogen and oxygen atoms in total. The SMILES string of the molecule is C=C1CC(C)N1C(=O)c1ccc(OCC#N)cc1.Nc1ncnc2[nH]ccc12. The smallest absolute Gasteiger partial charge is 0.258 e. The molecule has 142 valence electrons. The van der Waals surface area contributed by atoms with Crippen molar-refractivity contribution in [2.75, 3.05) is 12.3 Å². The number of nitrogens with two attached hydrogens (primary N) is 1. The lowest BCUT2D eigenvalue weighted by Gasteiger charge is -2.40. The summed E-state index contributed by atoms with van der Waals surface area (Å²) in [6.07, 6.45) is 4.10. The minimum atomic E-state index is -0.0365. The topological polar surface area (TPSA) is 121 Å². The van der Waals surface area contributed by atoms with Crippen molar-refractivity contribution in [2.45, 2.75) is 19.4 Å². The van der Waals surface area contributed by atoms with Crippen molar-refractivity contribution in [3.63, 3.8) is 0 Å². The van der Waals surface area contributed by atoms with E-state index in [9.17, 15) is 4.79 Å². The molecule has 1 aromatic carbocycles. The summed E-state index contributed by atoms with van der Waals surface area (Å²) in [5.74, 6) is 1.07. The van der Waals surface area contributed by atoms with Gasteiger partial charge in [-0.25, -0.2) is 9.97 Å². The Balaban J connectivity index is 0.000000188. The van der Waals surface area contributed by atoms with E-state index in [1.165, 1.54) is 6.33 Å². The molecule has 0 bridgehead atoms. The van der Waals surface area contributed by atoms with E-state index in [4.69, 9.17) is 15.7 Å². The maximum atomic E-state index is 12.1. The van der Waals surface area contributed by atoms with Gasteiger partial charge in [-0.2, -0.15) is 5.26 Å². The average molecular weight is 376 g/mol. The monoisotopic (exact) mass is 376 g/mol. The van der Waals surface area contributed by atoms with E-state index in [2.05, 4.69) is 21.5 Å². The van der Waals surface area contributed by atoms with Crippen LogP contribution in [-0.2, 0) is 0 Å². The lowest BCUT2D eigenvalue weighted by atomic mass is 9.99. The highest BCUT2D eigenvalue weighted by Crippen LogP contribution is 2.29. The number of hydrogen-bond donors (Lipinski definition) is 2. The van der Waals surface area contributed by atoms with Crippen LogP contribution >= 0.6 is 0 Å². The lowest BCUT2D eigenvalue weighted by molar-refractivity contribution is 0.0650. The molecular weight excluding hydrogens is 356 g/mol. The molecule has 0 saturated carbocycles. The first kappa shape index (κ1) is 18.9. The molecule has 0 spiro atoms. The molecule has 1 atom stereocenters. The summed E-state index contributed by atoms with van der Waals surface area (Å²) in [6, 6.07) is 10.8. The highest BCUT2D eigenvalue weighted by Gasteiger charge is 2.32. The summed E-state index contributed by atoms with van der Waals surface area (Å²) in [5.41, 5.74) is 7.78. The third-order valence-corrected chi connectivity index (χ3v) is 4.32. The second-order valence-corrected chi connectivity index (χ2v) is 6.26. The first-order chi connectivity index (χ1) is 13.5. The van der Waals surface area contributed by atoms with Gasteiger partial charge in [0.1, 0.15) is 29.6 Å². The molecule has 2 aromatic heterocycles. The van der Waals surface area contributed by atoms with Crippen LogP contribution in [0, 0.1) is 11.3 Å². The number of likely N-dealkylation sites (tertiary alicyclic amines) is 1. The van der Waals surface area contributed by atoms with Crippen molar-refractivity contribution in [1.29, 1.82) is 5.26 Å². The van der Waals surface area contributed by atoms with Gasteiger partial charge in [-0.05, 0) is 37.3 Å². The number of hydrogen-bond acceptors (Lipinski definition) is 6. The third-order valence-electron chi connectivity index (χ3n) is 4.32. The van der Waals surface area contributed by atoms with Gasteiger partial charge in [0.15, 0.2) is 6.61 Å². The number of ether oxygens (including phenoxy) is 1. The van der Waals surface area contributed by atoms with E-state index in [-0.39, 0.29) is 18.6 Å². The number of anilines is 1. The van der Waals surface area contributed by atoms with E-state index in [0.717, 1.165) is 23.2 Å². The molecule has 0 radical (unpaired) electrons.